The summed E-state index contributed by atoms with van der Waals surface area (Å²) in [7, 11) is 0. The fourth-order valence-corrected chi connectivity index (χ4v) is 2.60. The molecule has 2 aromatic heterocycles. The quantitative estimate of drug-likeness (QED) is 0.739. The minimum absolute atomic E-state index is 0.0516. The fourth-order valence-electron chi connectivity index (χ4n) is 2.60. The van der Waals surface area contributed by atoms with Crippen LogP contribution in [0.4, 0.5) is 8.78 Å². The third-order valence-electron chi connectivity index (χ3n) is 3.84. The van der Waals surface area contributed by atoms with Crippen LogP contribution in [-0.4, -0.2) is 37.3 Å². The summed E-state index contributed by atoms with van der Waals surface area (Å²) in [6, 6.07) is 5.36. The standard InChI is InChI=1S/C16H11F2N5O2/c17-13-8(1-2-12(24)14(13)18)15-19-4-3-9(21-15)10-7-11-16(25)20-5-6-23(11)22-10/h1-4,7,24H,5-6H2,(H,20,25). The monoisotopic (exact) mass is 343 g/mol. The number of nitrogens with one attached hydrogen (secondary N) is 1. The van der Waals surface area contributed by atoms with Gasteiger partial charge >= 0.3 is 0 Å². The summed E-state index contributed by atoms with van der Waals surface area (Å²) >= 11 is 0. The Kier molecular flexibility index (Phi) is 3.41. The highest BCUT2D eigenvalue weighted by Crippen LogP contribution is 2.28. The summed E-state index contributed by atoms with van der Waals surface area (Å²) < 4.78 is 29.2. The molecule has 4 rings (SSSR count). The summed E-state index contributed by atoms with van der Waals surface area (Å²) in [6.07, 6.45) is 1.39. The molecule has 2 N–H and O–H groups in total. The molecule has 0 radical (unpaired) electrons. The maximum atomic E-state index is 14.0. The molecule has 0 aliphatic carbocycles. The normalized spacial score (nSPS) is 13.4. The van der Waals surface area contributed by atoms with Crippen molar-refractivity contribution in [2.75, 3.05) is 6.54 Å². The Balaban J connectivity index is 1.78. The zero-order valence-electron chi connectivity index (χ0n) is 12.7. The number of nitrogens with zero attached hydrogens (tertiary/aromatic N) is 4. The number of carbonyl (C=O) groups is 1. The van der Waals surface area contributed by atoms with E-state index in [4.69, 9.17) is 0 Å². The first-order valence-corrected chi connectivity index (χ1v) is 7.41. The predicted octanol–water partition coefficient (Wildman–Crippen LogP) is 1.73. The number of halogens is 2. The minimum atomic E-state index is -1.36. The van der Waals surface area contributed by atoms with Gasteiger partial charge in [-0.3, -0.25) is 9.48 Å². The lowest BCUT2D eigenvalue weighted by Crippen LogP contribution is -2.35. The van der Waals surface area contributed by atoms with Gasteiger partial charge in [0.25, 0.3) is 5.91 Å². The molecular formula is C16H11F2N5O2. The summed E-state index contributed by atoms with van der Waals surface area (Å²) in [4.78, 5) is 20.0. The van der Waals surface area contributed by atoms with Gasteiger partial charge in [-0.05, 0) is 24.3 Å². The average Bonchev–Trinajstić information content (AvgIpc) is 3.06. The number of carbonyl (C=O) groups excluding carboxylic acids is 1. The number of amides is 1. The number of rotatable bonds is 2. The highest BCUT2D eigenvalue weighted by molar-refractivity contribution is 5.94. The summed E-state index contributed by atoms with van der Waals surface area (Å²) in [5, 5.41) is 16.2. The van der Waals surface area contributed by atoms with Crippen LogP contribution in [-0.2, 0) is 6.54 Å². The Morgan fingerprint density at radius 3 is 2.80 bits per heavy atom. The van der Waals surface area contributed by atoms with Crippen LogP contribution in [0.1, 0.15) is 10.5 Å². The van der Waals surface area contributed by atoms with Gasteiger partial charge in [-0.15, -0.1) is 0 Å². The van der Waals surface area contributed by atoms with E-state index in [2.05, 4.69) is 20.4 Å². The molecule has 3 heterocycles. The Morgan fingerprint density at radius 1 is 1.16 bits per heavy atom. The highest BCUT2D eigenvalue weighted by atomic mass is 19.2. The van der Waals surface area contributed by atoms with E-state index < -0.39 is 17.4 Å². The number of benzene rings is 1. The molecule has 0 fully saturated rings. The third-order valence-corrected chi connectivity index (χ3v) is 3.84. The molecule has 0 atom stereocenters. The lowest BCUT2D eigenvalue weighted by atomic mass is 10.1. The van der Waals surface area contributed by atoms with Crippen molar-refractivity contribution in [2.24, 2.45) is 0 Å². The van der Waals surface area contributed by atoms with Crippen molar-refractivity contribution in [3.05, 3.63) is 47.8 Å². The van der Waals surface area contributed by atoms with Gasteiger partial charge in [0, 0.05) is 12.7 Å². The fraction of sp³-hybridized carbons (Fsp3) is 0.125. The van der Waals surface area contributed by atoms with Crippen LogP contribution >= 0.6 is 0 Å². The largest absolute Gasteiger partial charge is 0.505 e. The molecule has 0 saturated carbocycles. The van der Waals surface area contributed by atoms with Crippen molar-refractivity contribution in [1.29, 1.82) is 0 Å². The first-order chi connectivity index (χ1) is 12.0. The van der Waals surface area contributed by atoms with Crippen LogP contribution in [0.5, 0.6) is 5.75 Å². The number of aromatic nitrogens is 4. The Morgan fingerprint density at radius 2 is 2.00 bits per heavy atom. The number of hydrogen-bond acceptors (Lipinski definition) is 5. The second-order valence-electron chi connectivity index (χ2n) is 5.42. The SMILES string of the molecule is O=C1NCCn2nc(-c3ccnc(-c4ccc(O)c(F)c4F)n3)cc21. The van der Waals surface area contributed by atoms with Gasteiger partial charge in [0.15, 0.2) is 17.4 Å². The Labute approximate surface area is 140 Å². The molecule has 0 spiro atoms. The van der Waals surface area contributed by atoms with Gasteiger partial charge in [0.1, 0.15) is 11.4 Å². The first kappa shape index (κ1) is 15.2. The van der Waals surface area contributed by atoms with Gasteiger partial charge in [0.2, 0.25) is 5.82 Å². The van der Waals surface area contributed by atoms with E-state index in [1.807, 2.05) is 0 Å². The Hall–Kier alpha value is -3.36. The number of phenols is 1. The molecule has 1 aliphatic heterocycles. The summed E-state index contributed by atoms with van der Waals surface area (Å²) in [6.45, 7) is 1.02. The maximum Gasteiger partial charge on any atom is 0.269 e. The van der Waals surface area contributed by atoms with Gasteiger partial charge in [0.05, 0.1) is 17.8 Å². The van der Waals surface area contributed by atoms with Crippen molar-refractivity contribution in [2.45, 2.75) is 6.54 Å². The van der Waals surface area contributed by atoms with Crippen LogP contribution in [0.2, 0.25) is 0 Å². The molecule has 25 heavy (non-hydrogen) atoms. The van der Waals surface area contributed by atoms with Gasteiger partial charge in [-0.2, -0.15) is 9.49 Å². The molecule has 126 valence electrons. The van der Waals surface area contributed by atoms with E-state index in [1.165, 1.54) is 12.3 Å². The summed E-state index contributed by atoms with van der Waals surface area (Å²) in [5.74, 6) is -3.67. The molecule has 1 aromatic carbocycles. The lowest BCUT2D eigenvalue weighted by molar-refractivity contribution is 0.0924. The van der Waals surface area contributed by atoms with E-state index in [-0.39, 0.29) is 17.3 Å². The van der Waals surface area contributed by atoms with E-state index in [9.17, 15) is 18.7 Å². The van der Waals surface area contributed by atoms with Crippen LogP contribution in [0.25, 0.3) is 22.8 Å². The second kappa shape index (κ2) is 5.62. The van der Waals surface area contributed by atoms with E-state index in [0.29, 0.717) is 30.2 Å². The zero-order chi connectivity index (χ0) is 17.6. The third kappa shape index (κ3) is 2.49. The van der Waals surface area contributed by atoms with Crippen molar-refractivity contribution in [1.82, 2.24) is 25.1 Å². The molecule has 9 heteroatoms. The second-order valence-corrected chi connectivity index (χ2v) is 5.42. The number of aromatic hydroxyl groups is 1. The molecule has 7 nitrogen and oxygen atoms in total. The first-order valence-electron chi connectivity index (χ1n) is 7.41. The van der Waals surface area contributed by atoms with Crippen LogP contribution in [0.3, 0.4) is 0 Å². The van der Waals surface area contributed by atoms with Gasteiger partial charge < -0.3 is 10.4 Å². The van der Waals surface area contributed by atoms with Crippen LogP contribution < -0.4 is 5.32 Å². The van der Waals surface area contributed by atoms with E-state index in [1.54, 1.807) is 16.8 Å². The molecule has 0 unspecified atom stereocenters. The number of hydrogen-bond donors (Lipinski definition) is 2. The minimum Gasteiger partial charge on any atom is -0.505 e. The molecule has 0 bridgehead atoms. The molecule has 1 aliphatic rings. The lowest BCUT2D eigenvalue weighted by Gasteiger charge is -2.13. The summed E-state index contributed by atoms with van der Waals surface area (Å²) in [5.41, 5.74) is 1.02. The van der Waals surface area contributed by atoms with Crippen molar-refractivity contribution in [3.8, 4) is 28.5 Å². The molecule has 1 amide bonds. The van der Waals surface area contributed by atoms with Crippen molar-refractivity contribution < 1.29 is 18.7 Å². The Bertz CT molecular complexity index is 1000. The van der Waals surface area contributed by atoms with Gasteiger partial charge in [-0.1, -0.05) is 0 Å². The van der Waals surface area contributed by atoms with Crippen LogP contribution in [0.15, 0.2) is 30.5 Å². The van der Waals surface area contributed by atoms with Crippen molar-refractivity contribution in [3.63, 3.8) is 0 Å². The average molecular weight is 343 g/mol. The maximum absolute atomic E-state index is 14.0. The number of phenolic OH excluding ortho intramolecular Hbond substituents is 1. The van der Waals surface area contributed by atoms with E-state index >= 15 is 0 Å². The molecule has 3 aromatic rings. The zero-order valence-corrected chi connectivity index (χ0v) is 12.7. The van der Waals surface area contributed by atoms with Crippen LogP contribution in [0, 0.1) is 11.6 Å². The molecular weight excluding hydrogens is 332 g/mol. The van der Waals surface area contributed by atoms with E-state index in [0.717, 1.165) is 6.07 Å². The predicted molar refractivity (Wildman–Crippen MR) is 82.6 cm³/mol. The molecule has 0 saturated heterocycles. The van der Waals surface area contributed by atoms with Crippen molar-refractivity contribution >= 4 is 5.91 Å². The smallest absolute Gasteiger partial charge is 0.269 e. The highest BCUT2D eigenvalue weighted by Gasteiger charge is 2.21. The van der Waals surface area contributed by atoms with Gasteiger partial charge in [-0.25, -0.2) is 14.4 Å². The topological polar surface area (TPSA) is 92.9 Å². The number of fused-ring (bicyclic) bond motifs is 1.